The molecule has 0 aromatic heterocycles. The van der Waals surface area contributed by atoms with E-state index in [2.05, 4.69) is 41.8 Å². The zero-order valence-corrected chi connectivity index (χ0v) is 20.6. The minimum absolute atomic E-state index is 0. The quantitative estimate of drug-likeness (QED) is 0.293. The Kier molecular flexibility index (Phi) is 8.43. The van der Waals surface area contributed by atoms with E-state index in [9.17, 15) is 4.79 Å². The van der Waals surface area contributed by atoms with Crippen molar-refractivity contribution in [1.82, 2.24) is 15.5 Å². The molecule has 1 atom stereocenters. The van der Waals surface area contributed by atoms with E-state index < -0.39 is 0 Å². The monoisotopic (exact) mass is 524 g/mol. The van der Waals surface area contributed by atoms with Crippen LogP contribution in [0.4, 0.5) is 0 Å². The molecule has 2 aliphatic carbocycles. The molecule has 1 aromatic carbocycles. The van der Waals surface area contributed by atoms with Gasteiger partial charge in [0.2, 0.25) is 5.91 Å². The van der Waals surface area contributed by atoms with Crippen LogP contribution in [0.15, 0.2) is 35.3 Å². The number of halogens is 1. The summed E-state index contributed by atoms with van der Waals surface area (Å²) in [6.45, 7) is 6.42. The lowest BCUT2D eigenvalue weighted by molar-refractivity contribution is -0.127. The summed E-state index contributed by atoms with van der Waals surface area (Å²) in [7, 11) is 0. The van der Waals surface area contributed by atoms with Gasteiger partial charge >= 0.3 is 0 Å². The lowest BCUT2D eigenvalue weighted by Crippen LogP contribution is -2.42. The molecule has 1 aromatic rings. The van der Waals surface area contributed by atoms with Crippen molar-refractivity contribution in [3.8, 4) is 0 Å². The van der Waals surface area contributed by atoms with Gasteiger partial charge in [-0.15, -0.1) is 24.0 Å². The van der Waals surface area contributed by atoms with Crippen molar-refractivity contribution in [1.29, 1.82) is 0 Å². The van der Waals surface area contributed by atoms with E-state index in [0.29, 0.717) is 17.8 Å². The molecule has 5 nitrogen and oxygen atoms in total. The van der Waals surface area contributed by atoms with Crippen molar-refractivity contribution in [3.05, 3.63) is 35.9 Å². The molecule has 3 aliphatic rings. The Morgan fingerprint density at radius 2 is 1.97 bits per heavy atom. The van der Waals surface area contributed by atoms with E-state index >= 15 is 0 Å². The molecule has 1 unspecified atom stereocenters. The lowest BCUT2D eigenvalue weighted by atomic mass is 9.65. The summed E-state index contributed by atoms with van der Waals surface area (Å²) < 4.78 is 0. The number of hydrogen-bond donors (Lipinski definition) is 2. The van der Waals surface area contributed by atoms with E-state index in [1.165, 1.54) is 37.7 Å². The van der Waals surface area contributed by atoms with Crippen LogP contribution in [0.25, 0.3) is 0 Å². The second-order valence-electron chi connectivity index (χ2n) is 9.21. The highest BCUT2D eigenvalue weighted by Crippen LogP contribution is 2.57. The molecule has 1 saturated heterocycles. The van der Waals surface area contributed by atoms with Crippen molar-refractivity contribution in [2.75, 3.05) is 32.7 Å². The Morgan fingerprint density at radius 3 is 2.60 bits per heavy atom. The van der Waals surface area contributed by atoms with E-state index in [1.807, 2.05) is 11.0 Å². The maximum Gasteiger partial charge on any atom is 0.223 e. The number of hydrogen-bond acceptors (Lipinski definition) is 2. The molecule has 0 bridgehead atoms. The van der Waals surface area contributed by atoms with Gasteiger partial charge in [-0.05, 0) is 55.9 Å². The van der Waals surface area contributed by atoms with E-state index in [1.54, 1.807) is 0 Å². The summed E-state index contributed by atoms with van der Waals surface area (Å²) in [5.41, 5.74) is 1.80. The Hall–Kier alpha value is -1.31. The number of carbonyl (C=O) groups excluding carboxylic acids is 1. The topological polar surface area (TPSA) is 56.7 Å². The third-order valence-electron chi connectivity index (χ3n) is 7.05. The molecule has 3 fully saturated rings. The van der Waals surface area contributed by atoms with Gasteiger partial charge < -0.3 is 15.5 Å². The van der Waals surface area contributed by atoms with Crippen molar-refractivity contribution in [2.45, 2.75) is 51.9 Å². The molecule has 4 rings (SSSR count). The van der Waals surface area contributed by atoms with Gasteiger partial charge in [-0.3, -0.25) is 9.79 Å². The molecular weight excluding hydrogens is 487 g/mol. The summed E-state index contributed by atoms with van der Waals surface area (Å²) in [5.74, 6) is 2.50. The van der Waals surface area contributed by atoms with Gasteiger partial charge in [-0.25, -0.2) is 0 Å². The lowest BCUT2D eigenvalue weighted by Gasteiger charge is -2.41. The van der Waals surface area contributed by atoms with Gasteiger partial charge in [0, 0.05) is 45.1 Å². The van der Waals surface area contributed by atoms with E-state index in [0.717, 1.165) is 51.0 Å². The van der Waals surface area contributed by atoms with Gasteiger partial charge in [0.1, 0.15) is 0 Å². The number of rotatable bonds is 9. The Balaban J connectivity index is 0.00000256. The van der Waals surface area contributed by atoms with Crippen LogP contribution in [-0.4, -0.2) is 49.5 Å². The first-order valence-corrected chi connectivity index (χ1v) is 11.5. The fraction of sp³-hybridized carbons (Fsp3) is 0.667. The summed E-state index contributed by atoms with van der Waals surface area (Å²) in [4.78, 5) is 19.4. The minimum atomic E-state index is 0. The number of carbonyl (C=O) groups is 1. The zero-order valence-electron chi connectivity index (χ0n) is 18.2. The van der Waals surface area contributed by atoms with Crippen LogP contribution in [0.1, 0.15) is 51.0 Å². The molecule has 6 heteroatoms. The number of benzene rings is 1. The van der Waals surface area contributed by atoms with Crippen LogP contribution >= 0.6 is 24.0 Å². The molecule has 1 amide bonds. The Bertz CT molecular complexity index is 715. The highest BCUT2D eigenvalue weighted by molar-refractivity contribution is 14.0. The Morgan fingerprint density at radius 1 is 1.20 bits per heavy atom. The number of nitrogens with zero attached hydrogens (tertiary/aromatic N) is 2. The first-order chi connectivity index (χ1) is 14.2. The molecular formula is C24H37IN4O. The zero-order chi connectivity index (χ0) is 20.1. The predicted octanol–water partition coefficient (Wildman–Crippen LogP) is 3.83. The summed E-state index contributed by atoms with van der Waals surface area (Å²) in [6.07, 6.45) is 8.47. The first-order valence-electron chi connectivity index (χ1n) is 11.5. The van der Waals surface area contributed by atoms with Crippen molar-refractivity contribution < 1.29 is 4.79 Å². The molecule has 0 spiro atoms. The van der Waals surface area contributed by atoms with Crippen LogP contribution in [0.2, 0.25) is 0 Å². The smallest absolute Gasteiger partial charge is 0.223 e. The van der Waals surface area contributed by atoms with E-state index in [-0.39, 0.29) is 29.9 Å². The molecule has 0 radical (unpaired) electrons. The summed E-state index contributed by atoms with van der Waals surface area (Å²) in [6, 6.07) is 10.4. The number of nitrogens with one attached hydrogen (secondary N) is 2. The minimum Gasteiger partial charge on any atom is -0.357 e. The number of guanidine groups is 1. The van der Waals surface area contributed by atoms with Crippen LogP contribution in [0, 0.1) is 17.3 Å². The second kappa shape index (κ2) is 10.8. The normalized spacial score (nSPS) is 23.0. The third kappa shape index (κ3) is 5.89. The number of amides is 1. The van der Waals surface area contributed by atoms with Crippen LogP contribution in [-0.2, 0) is 11.2 Å². The molecule has 166 valence electrons. The highest BCUT2D eigenvalue weighted by atomic mass is 127. The standard InChI is InChI=1S/C24H36N4O.HI/c1-2-25-23(27-18-24(12-6-13-24)21-9-10-21)26-16-20-15-22(29)28(17-20)14-11-19-7-4-3-5-8-19;/h3-5,7-8,20-21H,2,6,9-18H2,1H3,(H2,25,26,27);1H. The molecule has 2 saturated carbocycles. The molecule has 2 N–H and O–H groups in total. The summed E-state index contributed by atoms with van der Waals surface area (Å²) >= 11 is 0. The van der Waals surface area contributed by atoms with Crippen molar-refractivity contribution >= 4 is 35.8 Å². The SMILES string of the molecule is CCNC(=NCC1(C2CC2)CCC1)NCC1CC(=O)N(CCc2ccccc2)C1.I. The van der Waals surface area contributed by atoms with Gasteiger partial charge in [-0.1, -0.05) is 36.8 Å². The van der Waals surface area contributed by atoms with Gasteiger partial charge in [-0.2, -0.15) is 0 Å². The fourth-order valence-corrected chi connectivity index (χ4v) is 4.96. The molecule has 30 heavy (non-hydrogen) atoms. The number of aliphatic imine (C=N–C) groups is 1. The number of likely N-dealkylation sites (tertiary alicyclic amines) is 1. The summed E-state index contributed by atoms with van der Waals surface area (Å²) in [5, 5.41) is 6.91. The van der Waals surface area contributed by atoms with Crippen LogP contribution in [0.5, 0.6) is 0 Å². The molecule has 1 aliphatic heterocycles. The van der Waals surface area contributed by atoms with Crippen LogP contribution < -0.4 is 10.6 Å². The largest absolute Gasteiger partial charge is 0.357 e. The van der Waals surface area contributed by atoms with Gasteiger partial charge in [0.15, 0.2) is 5.96 Å². The fourth-order valence-electron chi connectivity index (χ4n) is 4.96. The second-order valence-corrected chi connectivity index (χ2v) is 9.21. The van der Waals surface area contributed by atoms with Gasteiger partial charge in [0.05, 0.1) is 0 Å². The highest BCUT2D eigenvalue weighted by Gasteiger charge is 2.48. The van der Waals surface area contributed by atoms with Gasteiger partial charge in [0.25, 0.3) is 0 Å². The average Bonchev–Trinajstić information content (AvgIpc) is 3.48. The third-order valence-corrected chi connectivity index (χ3v) is 7.05. The first kappa shape index (κ1) is 23.4. The maximum absolute atomic E-state index is 12.4. The maximum atomic E-state index is 12.4. The van der Waals surface area contributed by atoms with Crippen LogP contribution in [0.3, 0.4) is 0 Å². The molecule has 1 heterocycles. The van der Waals surface area contributed by atoms with Crippen molar-refractivity contribution in [2.24, 2.45) is 22.2 Å². The predicted molar refractivity (Wildman–Crippen MR) is 133 cm³/mol. The average molecular weight is 524 g/mol. The van der Waals surface area contributed by atoms with E-state index in [4.69, 9.17) is 4.99 Å². The van der Waals surface area contributed by atoms with Crippen molar-refractivity contribution in [3.63, 3.8) is 0 Å². The Labute approximate surface area is 198 Å².